The molecule has 2 bridgehead atoms. The van der Waals surface area contributed by atoms with Crippen molar-refractivity contribution in [2.24, 2.45) is 5.92 Å². The first kappa shape index (κ1) is 13.1. The van der Waals surface area contributed by atoms with E-state index in [2.05, 4.69) is 35.9 Å². The minimum Gasteiger partial charge on any atom is -0.328 e. The number of hydrogen-bond donors (Lipinski definition) is 1. The standard InChI is InChI=1S/C16H17BrN4O/c17-10-5-11-15-12(6-10)18-19-13(15)7-21(16(11)22)14-8-20-3-1-9(14)2-4-20/h5-6,9,14H,1-4,7-8H2,(H,18,19)/t14-/m0/s1. The second-order valence-electron chi connectivity index (χ2n) is 6.68. The minimum atomic E-state index is 0.166. The zero-order chi connectivity index (χ0) is 14.8. The third kappa shape index (κ3) is 1.74. The first-order chi connectivity index (χ1) is 10.7. The molecule has 4 aliphatic rings. The topological polar surface area (TPSA) is 52.2 Å². The van der Waals surface area contributed by atoms with Crippen LogP contribution in [-0.2, 0) is 6.54 Å². The zero-order valence-corrected chi connectivity index (χ0v) is 13.8. The van der Waals surface area contributed by atoms with Gasteiger partial charge in [-0.25, -0.2) is 0 Å². The van der Waals surface area contributed by atoms with E-state index in [-0.39, 0.29) is 5.91 Å². The third-order valence-electron chi connectivity index (χ3n) is 5.54. The second kappa shape index (κ2) is 4.55. The highest BCUT2D eigenvalue weighted by Crippen LogP contribution is 2.37. The SMILES string of the molecule is O=C1c2cc(Br)cc3[nH]nc(c23)CN1[C@H]1CN2CCC1CC2. The van der Waals surface area contributed by atoms with E-state index in [1.807, 2.05) is 12.1 Å². The number of hydrogen-bond acceptors (Lipinski definition) is 3. The van der Waals surface area contributed by atoms with Gasteiger partial charge in [0.2, 0.25) is 0 Å². The molecule has 6 rings (SSSR count). The Morgan fingerprint density at radius 2 is 2.09 bits per heavy atom. The predicted octanol–water partition coefficient (Wildman–Crippen LogP) is 2.38. The molecular weight excluding hydrogens is 344 g/mol. The van der Waals surface area contributed by atoms with Gasteiger partial charge in [0.05, 0.1) is 23.3 Å². The van der Waals surface area contributed by atoms with E-state index < -0.39 is 0 Å². The molecule has 0 spiro atoms. The van der Waals surface area contributed by atoms with Gasteiger partial charge >= 0.3 is 0 Å². The van der Waals surface area contributed by atoms with E-state index >= 15 is 0 Å². The molecule has 6 heteroatoms. The van der Waals surface area contributed by atoms with E-state index in [0.29, 0.717) is 18.5 Å². The number of nitrogens with zero attached hydrogens (tertiary/aromatic N) is 3. The number of rotatable bonds is 1. The van der Waals surface area contributed by atoms with Crippen LogP contribution in [0.2, 0.25) is 0 Å². The van der Waals surface area contributed by atoms with Crippen LogP contribution in [-0.4, -0.2) is 51.6 Å². The Bertz CT molecular complexity index is 778. The molecule has 0 aliphatic carbocycles. The van der Waals surface area contributed by atoms with Crippen LogP contribution in [0, 0.1) is 5.92 Å². The monoisotopic (exact) mass is 360 g/mol. The number of carbonyl (C=O) groups is 1. The number of piperidine rings is 3. The van der Waals surface area contributed by atoms with Gasteiger partial charge < -0.3 is 9.80 Å². The molecule has 2 aromatic rings. The number of fused-ring (bicyclic) bond motifs is 3. The highest BCUT2D eigenvalue weighted by atomic mass is 79.9. The van der Waals surface area contributed by atoms with Crippen molar-refractivity contribution in [3.63, 3.8) is 0 Å². The molecule has 1 aromatic heterocycles. The molecular formula is C16H17BrN4O. The van der Waals surface area contributed by atoms with Crippen molar-refractivity contribution in [1.29, 1.82) is 0 Å². The lowest BCUT2D eigenvalue weighted by atomic mass is 9.82. The zero-order valence-electron chi connectivity index (χ0n) is 12.2. The fourth-order valence-electron chi connectivity index (χ4n) is 4.42. The van der Waals surface area contributed by atoms with Crippen molar-refractivity contribution in [1.82, 2.24) is 20.0 Å². The summed E-state index contributed by atoms with van der Waals surface area (Å²) in [5.74, 6) is 0.816. The molecule has 0 unspecified atom stereocenters. The molecule has 1 amide bonds. The van der Waals surface area contributed by atoms with Crippen molar-refractivity contribution in [2.45, 2.75) is 25.4 Å². The summed E-state index contributed by atoms with van der Waals surface area (Å²) in [6, 6.07) is 4.28. The lowest BCUT2D eigenvalue weighted by Crippen LogP contribution is -2.59. The molecule has 114 valence electrons. The molecule has 5 heterocycles. The fourth-order valence-corrected chi connectivity index (χ4v) is 4.87. The molecule has 3 saturated heterocycles. The molecule has 4 aliphatic heterocycles. The summed E-state index contributed by atoms with van der Waals surface area (Å²) in [4.78, 5) is 17.6. The maximum Gasteiger partial charge on any atom is 0.255 e. The smallest absolute Gasteiger partial charge is 0.255 e. The Morgan fingerprint density at radius 3 is 2.82 bits per heavy atom. The van der Waals surface area contributed by atoms with Crippen LogP contribution >= 0.6 is 15.9 Å². The van der Waals surface area contributed by atoms with Crippen molar-refractivity contribution < 1.29 is 4.79 Å². The summed E-state index contributed by atoms with van der Waals surface area (Å²) in [6.07, 6.45) is 2.44. The highest BCUT2D eigenvalue weighted by molar-refractivity contribution is 9.10. The Morgan fingerprint density at radius 1 is 1.27 bits per heavy atom. The van der Waals surface area contributed by atoms with Crippen LogP contribution in [0.15, 0.2) is 16.6 Å². The number of nitrogens with one attached hydrogen (secondary N) is 1. The van der Waals surface area contributed by atoms with Gasteiger partial charge in [0, 0.05) is 22.4 Å². The van der Waals surface area contributed by atoms with Crippen molar-refractivity contribution in [2.75, 3.05) is 19.6 Å². The molecule has 1 N–H and O–H groups in total. The van der Waals surface area contributed by atoms with Gasteiger partial charge in [0.15, 0.2) is 0 Å². The summed E-state index contributed by atoms with van der Waals surface area (Å²) < 4.78 is 0.925. The van der Waals surface area contributed by atoms with Gasteiger partial charge in [-0.3, -0.25) is 9.89 Å². The molecule has 1 atom stereocenters. The number of benzene rings is 1. The van der Waals surface area contributed by atoms with Crippen LogP contribution in [0.25, 0.3) is 10.9 Å². The first-order valence-electron chi connectivity index (χ1n) is 7.90. The molecule has 0 saturated carbocycles. The largest absolute Gasteiger partial charge is 0.328 e. The van der Waals surface area contributed by atoms with E-state index in [4.69, 9.17) is 0 Å². The second-order valence-corrected chi connectivity index (χ2v) is 7.60. The van der Waals surface area contributed by atoms with Crippen LogP contribution in [0.5, 0.6) is 0 Å². The number of aromatic amines is 1. The average molecular weight is 361 g/mol. The lowest BCUT2D eigenvalue weighted by molar-refractivity contribution is 0.00366. The molecule has 3 fully saturated rings. The Hall–Kier alpha value is -1.40. The number of aromatic nitrogens is 2. The van der Waals surface area contributed by atoms with Gasteiger partial charge in [-0.2, -0.15) is 5.10 Å². The maximum absolute atomic E-state index is 13.1. The van der Waals surface area contributed by atoms with Crippen molar-refractivity contribution in [3.05, 3.63) is 27.9 Å². The average Bonchev–Trinajstić information content (AvgIpc) is 2.95. The summed E-state index contributed by atoms with van der Waals surface area (Å²) in [6.45, 7) is 4.05. The highest BCUT2D eigenvalue weighted by Gasteiger charge is 2.41. The Kier molecular flexibility index (Phi) is 2.71. The van der Waals surface area contributed by atoms with Gasteiger partial charge in [-0.15, -0.1) is 0 Å². The predicted molar refractivity (Wildman–Crippen MR) is 86.6 cm³/mol. The Labute approximate surface area is 136 Å². The van der Waals surface area contributed by atoms with Gasteiger partial charge in [-0.05, 0) is 44.0 Å². The maximum atomic E-state index is 13.1. The first-order valence-corrected chi connectivity index (χ1v) is 8.70. The van der Waals surface area contributed by atoms with Crippen LogP contribution < -0.4 is 0 Å². The summed E-state index contributed by atoms with van der Waals surface area (Å²) in [7, 11) is 0. The van der Waals surface area contributed by atoms with Crippen molar-refractivity contribution in [3.8, 4) is 0 Å². The third-order valence-corrected chi connectivity index (χ3v) is 5.99. The number of halogens is 1. The molecule has 1 aromatic carbocycles. The van der Waals surface area contributed by atoms with E-state index in [0.717, 1.165) is 33.2 Å². The van der Waals surface area contributed by atoms with Gasteiger partial charge in [0.1, 0.15) is 0 Å². The quantitative estimate of drug-likeness (QED) is 0.849. The summed E-state index contributed by atoms with van der Waals surface area (Å²) >= 11 is 3.51. The Balaban J connectivity index is 1.59. The minimum absolute atomic E-state index is 0.166. The lowest BCUT2D eigenvalue weighted by Gasteiger charge is -2.49. The number of amides is 1. The van der Waals surface area contributed by atoms with E-state index in [9.17, 15) is 4.79 Å². The number of carbonyl (C=O) groups excluding carboxylic acids is 1. The van der Waals surface area contributed by atoms with Crippen LogP contribution in [0.1, 0.15) is 28.9 Å². The molecule has 5 nitrogen and oxygen atoms in total. The number of H-pyrrole nitrogens is 1. The van der Waals surface area contributed by atoms with Gasteiger partial charge in [-0.1, -0.05) is 15.9 Å². The van der Waals surface area contributed by atoms with Crippen LogP contribution in [0.3, 0.4) is 0 Å². The molecule has 0 radical (unpaired) electrons. The van der Waals surface area contributed by atoms with E-state index in [1.165, 1.54) is 25.9 Å². The normalized spacial score (nSPS) is 30.3. The molecule has 22 heavy (non-hydrogen) atoms. The van der Waals surface area contributed by atoms with Crippen molar-refractivity contribution >= 4 is 32.7 Å². The summed E-state index contributed by atoms with van der Waals surface area (Å²) in [5.41, 5.74) is 2.74. The fraction of sp³-hybridized carbons (Fsp3) is 0.500. The van der Waals surface area contributed by atoms with Gasteiger partial charge in [0.25, 0.3) is 5.91 Å². The van der Waals surface area contributed by atoms with Crippen LogP contribution in [0.4, 0.5) is 0 Å². The van der Waals surface area contributed by atoms with E-state index in [1.54, 1.807) is 0 Å². The summed E-state index contributed by atoms with van der Waals surface area (Å²) in [5, 5.41) is 8.53.